The number of benzene rings is 3. The van der Waals surface area contributed by atoms with Crippen LogP contribution in [0.25, 0.3) is 5.69 Å². The van der Waals surface area contributed by atoms with Gasteiger partial charge in [-0.3, -0.25) is 14.7 Å². The largest absolute Gasteiger partial charge is 0.423 e. The quantitative estimate of drug-likeness (QED) is 0.321. The first kappa shape index (κ1) is 21.9. The Morgan fingerprint density at radius 2 is 1.56 bits per heavy atom. The predicted octanol–water partition coefficient (Wildman–Crippen LogP) is 4.95. The van der Waals surface area contributed by atoms with E-state index in [9.17, 15) is 14.4 Å². The predicted molar refractivity (Wildman–Crippen MR) is 136 cm³/mol. The average molecular weight is 478 g/mol. The van der Waals surface area contributed by atoms with E-state index in [2.05, 4.69) is 10.4 Å². The Kier molecular flexibility index (Phi) is 5.37. The van der Waals surface area contributed by atoms with Crippen LogP contribution >= 0.6 is 0 Å². The van der Waals surface area contributed by atoms with E-state index in [-0.39, 0.29) is 11.3 Å². The molecule has 1 aliphatic carbocycles. The number of H-pyrrole nitrogens is 1. The highest BCUT2D eigenvalue weighted by atomic mass is 16.5. The molecule has 3 aromatic carbocycles. The number of ketones is 1. The van der Waals surface area contributed by atoms with Crippen molar-refractivity contribution in [2.75, 3.05) is 5.32 Å². The Labute approximate surface area is 207 Å². The van der Waals surface area contributed by atoms with Gasteiger partial charge >= 0.3 is 5.97 Å². The van der Waals surface area contributed by atoms with Crippen LogP contribution in [0.2, 0.25) is 0 Å². The Balaban J connectivity index is 1.40. The summed E-state index contributed by atoms with van der Waals surface area (Å²) in [5, 5.41) is 6.53. The lowest BCUT2D eigenvalue weighted by molar-refractivity contribution is -0.116. The Morgan fingerprint density at radius 3 is 2.28 bits per heavy atom. The maximum atomic E-state index is 13.6. The molecule has 1 aliphatic heterocycles. The van der Waals surface area contributed by atoms with Crippen molar-refractivity contribution in [1.82, 2.24) is 9.78 Å². The molecule has 6 rings (SSSR count). The van der Waals surface area contributed by atoms with E-state index in [1.54, 1.807) is 36.4 Å². The van der Waals surface area contributed by atoms with Crippen molar-refractivity contribution in [3.8, 4) is 11.4 Å². The maximum Gasteiger partial charge on any atom is 0.343 e. The number of carbonyl (C=O) groups is 2. The first-order valence-electron chi connectivity index (χ1n) is 11.9. The SMILES string of the molecule is O=C1CCCC2=C1[C@H](c1ccc(OC(=O)c3ccccc3)cc1)c1c([nH]n(-c3ccccc3)c1=O)N2. The van der Waals surface area contributed by atoms with E-state index < -0.39 is 11.9 Å². The van der Waals surface area contributed by atoms with E-state index in [0.29, 0.717) is 40.4 Å². The lowest BCUT2D eigenvalue weighted by atomic mass is 9.77. The molecular weight excluding hydrogens is 454 g/mol. The fourth-order valence-electron chi connectivity index (χ4n) is 5.00. The highest BCUT2D eigenvalue weighted by Crippen LogP contribution is 2.43. The van der Waals surface area contributed by atoms with Crippen LogP contribution in [0.15, 0.2) is 101 Å². The van der Waals surface area contributed by atoms with Crippen LogP contribution in [-0.4, -0.2) is 21.5 Å². The van der Waals surface area contributed by atoms with E-state index in [1.807, 2.05) is 48.5 Å². The minimum atomic E-state index is -0.517. The summed E-state index contributed by atoms with van der Waals surface area (Å²) in [6.07, 6.45) is 1.96. The molecular formula is C29H23N3O4. The third-order valence-corrected chi connectivity index (χ3v) is 6.68. The first-order chi connectivity index (χ1) is 17.6. The van der Waals surface area contributed by atoms with Gasteiger partial charge in [0.1, 0.15) is 11.6 Å². The highest BCUT2D eigenvalue weighted by Gasteiger charge is 2.38. The number of anilines is 1. The van der Waals surface area contributed by atoms with Gasteiger partial charge in [-0.15, -0.1) is 0 Å². The lowest BCUT2D eigenvalue weighted by Gasteiger charge is -2.31. The normalized spacial score (nSPS) is 16.7. The van der Waals surface area contributed by atoms with Gasteiger partial charge in [-0.2, -0.15) is 0 Å². The van der Waals surface area contributed by atoms with E-state index in [4.69, 9.17) is 4.74 Å². The number of ether oxygens (including phenoxy) is 1. The Morgan fingerprint density at radius 1 is 0.861 bits per heavy atom. The number of Topliss-reactive ketones (excluding diaryl/α,β-unsaturated/α-hetero) is 1. The first-order valence-corrected chi connectivity index (χ1v) is 11.9. The number of esters is 1. The van der Waals surface area contributed by atoms with E-state index in [0.717, 1.165) is 24.1 Å². The van der Waals surface area contributed by atoms with Gasteiger partial charge in [-0.1, -0.05) is 48.5 Å². The summed E-state index contributed by atoms with van der Waals surface area (Å²) in [6.45, 7) is 0. The topological polar surface area (TPSA) is 93.2 Å². The molecule has 2 heterocycles. The van der Waals surface area contributed by atoms with Crippen molar-refractivity contribution in [1.29, 1.82) is 0 Å². The maximum absolute atomic E-state index is 13.6. The van der Waals surface area contributed by atoms with Gasteiger partial charge in [-0.05, 0) is 54.8 Å². The number of hydrogen-bond donors (Lipinski definition) is 2. The molecule has 2 aliphatic rings. The van der Waals surface area contributed by atoms with Crippen LogP contribution in [0.3, 0.4) is 0 Å². The van der Waals surface area contributed by atoms with Gasteiger partial charge in [0.15, 0.2) is 5.78 Å². The molecule has 7 nitrogen and oxygen atoms in total. The Hall–Kier alpha value is -4.65. The van der Waals surface area contributed by atoms with Gasteiger partial charge in [0, 0.05) is 23.6 Å². The zero-order chi connectivity index (χ0) is 24.6. The van der Waals surface area contributed by atoms with Crippen molar-refractivity contribution >= 4 is 17.6 Å². The molecule has 0 radical (unpaired) electrons. The van der Waals surface area contributed by atoms with Crippen LogP contribution in [0.1, 0.15) is 46.7 Å². The number of para-hydroxylation sites is 1. The number of fused-ring (bicyclic) bond motifs is 1. The molecule has 4 aromatic rings. The third-order valence-electron chi connectivity index (χ3n) is 6.68. The molecule has 0 amide bonds. The Bertz CT molecular complexity index is 1550. The summed E-state index contributed by atoms with van der Waals surface area (Å²) in [4.78, 5) is 39.2. The molecule has 0 bridgehead atoms. The zero-order valence-electron chi connectivity index (χ0n) is 19.4. The van der Waals surface area contributed by atoms with Gasteiger partial charge in [0.2, 0.25) is 0 Å². The number of aromatic nitrogens is 2. The molecule has 36 heavy (non-hydrogen) atoms. The second kappa shape index (κ2) is 8.85. The van der Waals surface area contributed by atoms with Crippen molar-refractivity contribution < 1.29 is 14.3 Å². The monoisotopic (exact) mass is 477 g/mol. The lowest BCUT2D eigenvalue weighted by Crippen LogP contribution is -2.29. The standard InChI is InChI=1S/C29H23N3O4/c33-23-13-7-12-22-25(23)24(26-27(30-22)31-32(28(26)34)20-10-5-2-6-11-20)18-14-16-21(17-15-18)36-29(35)19-8-3-1-4-9-19/h1-6,8-11,14-17,24,30-31H,7,12-13H2/t24-/m0/s1. The van der Waals surface area contributed by atoms with Crippen molar-refractivity contribution in [3.05, 3.63) is 123 Å². The highest BCUT2D eigenvalue weighted by molar-refractivity contribution is 6.01. The van der Waals surface area contributed by atoms with Crippen molar-refractivity contribution in [2.24, 2.45) is 0 Å². The summed E-state index contributed by atoms with van der Waals surface area (Å²) in [5.41, 5.74) is 3.74. The minimum Gasteiger partial charge on any atom is -0.423 e. The molecule has 1 aromatic heterocycles. The average Bonchev–Trinajstić information content (AvgIpc) is 3.25. The van der Waals surface area contributed by atoms with Crippen molar-refractivity contribution in [3.63, 3.8) is 0 Å². The van der Waals surface area contributed by atoms with Crippen LogP contribution in [-0.2, 0) is 4.79 Å². The molecule has 1 atom stereocenters. The van der Waals surface area contributed by atoms with Crippen LogP contribution in [0.4, 0.5) is 5.82 Å². The molecule has 0 fully saturated rings. The van der Waals surface area contributed by atoms with Gasteiger partial charge in [-0.25, -0.2) is 9.48 Å². The number of nitrogens with one attached hydrogen (secondary N) is 2. The number of hydrogen-bond acceptors (Lipinski definition) is 5. The van der Waals surface area contributed by atoms with E-state index >= 15 is 0 Å². The second-order valence-electron chi connectivity index (χ2n) is 8.93. The third kappa shape index (κ3) is 3.75. The van der Waals surface area contributed by atoms with Crippen LogP contribution in [0, 0.1) is 0 Å². The van der Waals surface area contributed by atoms with Gasteiger partial charge in [0.25, 0.3) is 5.56 Å². The summed E-state index contributed by atoms with van der Waals surface area (Å²) in [7, 11) is 0. The number of aromatic amines is 1. The molecule has 0 saturated heterocycles. The molecule has 7 heteroatoms. The van der Waals surface area contributed by atoms with Gasteiger partial charge < -0.3 is 10.1 Å². The molecule has 0 spiro atoms. The van der Waals surface area contributed by atoms with Gasteiger partial charge in [0.05, 0.1) is 16.8 Å². The van der Waals surface area contributed by atoms with Crippen molar-refractivity contribution in [2.45, 2.75) is 25.2 Å². The summed E-state index contributed by atoms with van der Waals surface area (Å²) < 4.78 is 7.03. The van der Waals surface area contributed by atoms with Crippen LogP contribution in [0.5, 0.6) is 5.75 Å². The number of carbonyl (C=O) groups excluding carboxylic acids is 2. The summed E-state index contributed by atoms with van der Waals surface area (Å²) in [5.74, 6) is 0.0717. The summed E-state index contributed by atoms with van der Waals surface area (Å²) in [6, 6.07) is 25.2. The smallest absolute Gasteiger partial charge is 0.343 e. The summed E-state index contributed by atoms with van der Waals surface area (Å²) >= 11 is 0. The molecule has 2 N–H and O–H groups in total. The number of nitrogens with zero attached hydrogens (tertiary/aromatic N) is 1. The number of rotatable bonds is 4. The minimum absolute atomic E-state index is 0.0471. The van der Waals surface area contributed by atoms with E-state index in [1.165, 1.54) is 4.68 Å². The van der Waals surface area contributed by atoms with Crippen LogP contribution < -0.4 is 15.6 Å². The zero-order valence-corrected chi connectivity index (χ0v) is 19.4. The number of allylic oxidation sites excluding steroid dienone is 2. The fourth-order valence-corrected chi connectivity index (χ4v) is 5.00. The molecule has 178 valence electrons. The molecule has 0 unspecified atom stereocenters. The fraction of sp³-hybridized carbons (Fsp3) is 0.138. The second-order valence-corrected chi connectivity index (χ2v) is 8.93. The molecule has 0 saturated carbocycles.